The molecule has 2 rings (SSSR count). The Kier molecular flexibility index (Phi) is 5.26. The van der Waals surface area contributed by atoms with Crippen molar-refractivity contribution in [2.75, 3.05) is 6.54 Å². The predicted molar refractivity (Wildman–Crippen MR) is 90.0 cm³/mol. The van der Waals surface area contributed by atoms with Crippen LogP contribution in [0.3, 0.4) is 0 Å². The molecule has 1 heterocycles. The first-order chi connectivity index (χ1) is 10.8. The van der Waals surface area contributed by atoms with Gasteiger partial charge in [-0.25, -0.2) is 0 Å². The zero-order valence-corrected chi connectivity index (χ0v) is 14.0. The Morgan fingerprint density at radius 2 is 1.83 bits per heavy atom. The van der Waals surface area contributed by atoms with Gasteiger partial charge in [-0.2, -0.15) is 0 Å². The van der Waals surface area contributed by atoms with Crippen LogP contribution in [-0.2, 0) is 15.8 Å². The fraction of sp³-hybridized carbons (Fsp3) is 0.421. The molecule has 0 saturated heterocycles. The molecule has 1 aromatic carbocycles. The van der Waals surface area contributed by atoms with Gasteiger partial charge < -0.3 is 14.8 Å². The van der Waals surface area contributed by atoms with Gasteiger partial charge in [-0.1, -0.05) is 44.2 Å². The zero-order chi connectivity index (χ0) is 16.9. The van der Waals surface area contributed by atoms with E-state index in [1.54, 1.807) is 19.1 Å². The third kappa shape index (κ3) is 4.70. The summed E-state index contributed by atoms with van der Waals surface area (Å²) in [5, 5.41) is 13.1. The summed E-state index contributed by atoms with van der Waals surface area (Å²) < 4.78 is 5.20. The Morgan fingerprint density at radius 3 is 2.43 bits per heavy atom. The quantitative estimate of drug-likeness (QED) is 0.823. The summed E-state index contributed by atoms with van der Waals surface area (Å²) in [6.07, 6.45) is 2.66. The second kappa shape index (κ2) is 7.01. The summed E-state index contributed by atoms with van der Waals surface area (Å²) in [4.78, 5) is 12.1. The molecule has 0 aliphatic heterocycles. The first-order valence-corrected chi connectivity index (χ1v) is 7.90. The average Bonchev–Trinajstić information content (AvgIpc) is 3.07. The number of carbonyl (C=O) groups is 1. The molecule has 1 amide bonds. The summed E-state index contributed by atoms with van der Waals surface area (Å²) in [6.45, 7) is 6.02. The molecule has 0 aliphatic rings. The molecular weight excluding hydrogens is 290 g/mol. The van der Waals surface area contributed by atoms with Gasteiger partial charge >= 0.3 is 0 Å². The van der Waals surface area contributed by atoms with Crippen molar-refractivity contribution in [1.29, 1.82) is 0 Å². The number of furan rings is 1. The van der Waals surface area contributed by atoms with Crippen molar-refractivity contribution in [3.05, 3.63) is 60.1 Å². The van der Waals surface area contributed by atoms with E-state index < -0.39 is 5.60 Å². The topological polar surface area (TPSA) is 62.5 Å². The summed E-state index contributed by atoms with van der Waals surface area (Å²) in [7, 11) is 0. The lowest BCUT2D eigenvalue weighted by Crippen LogP contribution is -2.38. The third-order valence-electron chi connectivity index (χ3n) is 4.21. The highest BCUT2D eigenvalue weighted by molar-refractivity contribution is 5.76. The lowest BCUT2D eigenvalue weighted by atomic mass is 9.80. The van der Waals surface area contributed by atoms with E-state index in [1.807, 2.05) is 18.2 Å². The predicted octanol–water partition coefficient (Wildman–Crippen LogP) is 3.36. The maximum atomic E-state index is 12.1. The maximum Gasteiger partial charge on any atom is 0.220 e. The monoisotopic (exact) mass is 315 g/mol. The smallest absolute Gasteiger partial charge is 0.220 e. The minimum atomic E-state index is -1.20. The number of nitrogens with one attached hydrogen (secondary N) is 1. The molecule has 23 heavy (non-hydrogen) atoms. The normalized spacial score (nSPS) is 14.3. The van der Waals surface area contributed by atoms with Gasteiger partial charge in [-0.15, -0.1) is 0 Å². The molecule has 124 valence electrons. The van der Waals surface area contributed by atoms with Gasteiger partial charge in [0.2, 0.25) is 5.91 Å². The molecule has 0 saturated carbocycles. The van der Waals surface area contributed by atoms with E-state index in [0.29, 0.717) is 12.2 Å². The van der Waals surface area contributed by atoms with Gasteiger partial charge in [0.25, 0.3) is 0 Å². The lowest BCUT2D eigenvalue weighted by Gasteiger charge is -2.26. The van der Waals surface area contributed by atoms with Crippen LogP contribution in [0.1, 0.15) is 44.9 Å². The molecule has 1 aromatic heterocycles. The number of hydrogen-bond acceptors (Lipinski definition) is 3. The molecule has 0 bridgehead atoms. The minimum absolute atomic E-state index is 0.0673. The molecular formula is C19H25NO3. The maximum absolute atomic E-state index is 12.1. The van der Waals surface area contributed by atoms with Crippen LogP contribution in [0.4, 0.5) is 0 Å². The van der Waals surface area contributed by atoms with E-state index in [1.165, 1.54) is 11.8 Å². The Balaban J connectivity index is 1.84. The van der Waals surface area contributed by atoms with E-state index >= 15 is 0 Å². The van der Waals surface area contributed by atoms with Crippen molar-refractivity contribution in [1.82, 2.24) is 5.32 Å². The summed E-state index contributed by atoms with van der Waals surface area (Å²) >= 11 is 0. The van der Waals surface area contributed by atoms with E-state index in [4.69, 9.17) is 4.42 Å². The highest BCUT2D eigenvalue weighted by Crippen LogP contribution is 2.28. The van der Waals surface area contributed by atoms with Crippen LogP contribution in [0, 0.1) is 0 Å². The van der Waals surface area contributed by atoms with Gasteiger partial charge in [-0.3, -0.25) is 4.79 Å². The van der Waals surface area contributed by atoms with Gasteiger partial charge in [-0.05, 0) is 36.5 Å². The molecule has 4 nitrogen and oxygen atoms in total. The number of benzene rings is 1. The minimum Gasteiger partial charge on any atom is -0.466 e. The summed E-state index contributed by atoms with van der Waals surface area (Å²) in [5.74, 6) is 0.378. The molecule has 0 aliphatic carbocycles. The highest BCUT2D eigenvalue weighted by Gasteiger charge is 2.27. The van der Waals surface area contributed by atoms with Crippen LogP contribution >= 0.6 is 0 Å². The molecule has 1 unspecified atom stereocenters. The van der Waals surface area contributed by atoms with Gasteiger partial charge in [0.15, 0.2) is 0 Å². The van der Waals surface area contributed by atoms with Crippen molar-refractivity contribution < 1.29 is 14.3 Å². The molecule has 2 N–H and O–H groups in total. The molecule has 0 spiro atoms. The van der Waals surface area contributed by atoms with E-state index in [0.717, 1.165) is 6.42 Å². The standard InChI is InChI=1S/C19H25NO3/c1-18(2,15-8-5-4-6-9-15)12-11-17(21)20-14-19(3,22)16-10-7-13-23-16/h4-10,13,22H,11-12,14H2,1-3H3,(H,20,21). The van der Waals surface area contributed by atoms with Crippen molar-refractivity contribution in [3.8, 4) is 0 Å². The van der Waals surface area contributed by atoms with Crippen molar-refractivity contribution in [2.45, 2.75) is 44.6 Å². The summed E-state index contributed by atoms with van der Waals surface area (Å²) in [5.41, 5.74) is -0.0497. The van der Waals surface area contributed by atoms with Crippen LogP contribution < -0.4 is 5.32 Å². The van der Waals surface area contributed by atoms with Crippen molar-refractivity contribution in [2.24, 2.45) is 0 Å². The Morgan fingerprint density at radius 1 is 1.13 bits per heavy atom. The number of hydrogen-bond donors (Lipinski definition) is 2. The van der Waals surface area contributed by atoms with Gasteiger partial charge in [0.05, 0.1) is 12.8 Å². The van der Waals surface area contributed by atoms with Crippen LogP contribution in [-0.4, -0.2) is 17.6 Å². The van der Waals surface area contributed by atoms with E-state index in [-0.39, 0.29) is 17.9 Å². The van der Waals surface area contributed by atoms with Crippen LogP contribution in [0.2, 0.25) is 0 Å². The van der Waals surface area contributed by atoms with Gasteiger partial charge in [0.1, 0.15) is 11.4 Å². The largest absolute Gasteiger partial charge is 0.466 e. The molecule has 4 heteroatoms. The number of carbonyl (C=O) groups excluding carboxylic acids is 1. The van der Waals surface area contributed by atoms with E-state index in [2.05, 4.69) is 31.3 Å². The first-order valence-electron chi connectivity index (χ1n) is 7.90. The van der Waals surface area contributed by atoms with Crippen LogP contribution in [0.5, 0.6) is 0 Å². The molecule has 0 radical (unpaired) electrons. The first kappa shape index (κ1) is 17.3. The fourth-order valence-corrected chi connectivity index (χ4v) is 2.49. The van der Waals surface area contributed by atoms with E-state index in [9.17, 15) is 9.90 Å². The molecule has 2 aromatic rings. The highest BCUT2D eigenvalue weighted by atomic mass is 16.4. The molecule has 1 atom stereocenters. The number of amides is 1. The van der Waals surface area contributed by atoms with Crippen LogP contribution in [0.25, 0.3) is 0 Å². The average molecular weight is 315 g/mol. The Hall–Kier alpha value is -2.07. The van der Waals surface area contributed by atoms with Crippen molar-refractivity contribution in [3.63, 3.8) is 0 Å². The number of aliphatic hydroxyl groups is 1. The Labute approximate surface area is 137 Å². The van der Waals surface area contributed by atoms with Gasteiger partial charge in [0, 0.05) is 6.42 Å². The summed E-state index contributed by atoms with van der Waals surface area (Å²) in [6, 6.07) is 13.6. The second-order valence-corrected chi connectivity index (χ2v) is 6.78. The Bertz CT molecular complexity index is 615. The SMILES string of the molecule is CC(C)(CCC(=O)NCC(C)(O)c1ccco1)c1ccccc1. The number of rotatable bonds is 7. The molecule has 0 fully saturated rings. The second-order valence-electron chi connectivity index (χ2n) is 6.78. The zero-order valence-electron chi connectivity index (χ0n) is 14.0. The third-order valence-corrected chi connectivity index (χ3v) is 4.21. The lowest BCUT2D eigenvalue weighted by molar-refractivity contribution is -0.122. The van der Waals surface area contributed by atoms with Crippen molar-refractivity contribution >= 4 is 5.91 Å². The fourth-order valence-electron chi connectivity index (χ4n) is 2.49. The van der Waals surface area contributed by atoms with Crippen LogP contribution in [0.15, 0.2) is 53.1 Å².